The minimum atomic E-state index is -0.704. The van der Waals surface area contributed by atoms with Crippen molar-refractivity contribution in [3.63, 3.8) is 0 Å². The van der Waals surface area contributed by atoms with E-state index in [9.17, 15) is 4.39 Å². The largest absolute Gasteiger partial charge is 0.311 e. The number of rotatable bonds is 3. The molecule has 1 nitrogen and oxygen atoms in total. The third-order valence-electron chi connectivity index (χ3n) is 2.70. The summed E-state index contributed by atoms with van der Waals surface area (Å²) in [5.74, 6) is 0.880. The van der Waals surface area contributed by atoms with E-state index in [-0.39, 0.29) is 0 Å². The number of nitrogens with one attached hydrogen (secondary N) is 1. The van der Waals surface area contributed by atoms with Crippen molar-refractivity contribution in [2.75, 3.05) is 6.54 Å². The van der Waals surface area contributed by atoms with Crippen LogP contribution in [0.3, 0.4) is 0 Å². The van der Waals surface area contributed by atoms with Crippen molar-refractivity contribution < 1.29 is 4.39 Å². The van der Waals surface area contributed by atoms with Crippen molar-refractivity contribution in [2.45, 2.75) is 51.7 Å². The molecule has 0 aromatic carbocycles. The maximum atomic E-state index is 12.5. The highest BCUT2D eigenvalue weighted by Crippen LogP contribution is 2.23. The maximum Gasteiger partial charge on any atom is 0.110 e. The van der Waals surface area contributed by atoms with E-state index in [0.717, 1.165) is 5.92 Å². The standard InChI is InChI=1S/C10H20FN/c1-8-3-5-10(6-4-8)12-7-9(2)11/h8-10,12H,3-7H2,1-2H3/t8-,9?,10+. The van der Waals surface area contributed by atoms with Gasteiger partial charge in [-0.15, -0.1) is 0 Å². The summed E-state index contributed by atoms with van der Waals surface area (Å²) in [5, 5.41) is 3.27. The number of halogens is 1. The Morgan fingerprint density at radius 3 is 2.42 bits per heavy atom. The van der Waals surface area contributed by atoms with E-state index < -0.39 is 6.17 Å². The lowest BCUT2D eigenvalue weighted by atomic mass is 9.87. The van der Waals surface area contributed by atoms with Gasteiger partial charge in [0.1, 0.15) is 6.17 Å². The molecule has 1 aliphatic rings. The van der Waals surface area contributed by atoms with Crippen LogP contribution in [0.1, 0.15) is 39.5 Å². The number of hydrogen-bond donors (Lipinski definition) is 1. The van der Waals surface area contributed by atoms with Crippen LogP contribution in [-0.4, -0.2) is 18.8 Å². The molecule has 0 radical (unpaired) electrons. The lowest BCUT2D eigenvalue weighted by molar-refractivity contribution is 0.274. The Kier molecular flexibility index (Phi) is 3.99. The van der Waals surface area contributed by atoms with Crippen molar-refractivity contribution in [1.29, 1.82) is 0 Å². The van der Waals surface area contributed by atoms with E-state index in [1.807, 2.05) is 0 Å². The van der Waals surface area contributed by atoms with E-state index >= 15 is 0 Å². The van der Waals surface area contributed by atoms with Gasteiger partial charge in [0.2, 0.25) is 0 Å². The van der Waals surface area contributed by atoms with Gasteiger partial charge in [-0.2, -0.15) is 0 Å². The maximum absolute atomic E-state index is 12.5. The van der Waals surface area contributed by atoms with Crippen LogP contribution in [-0.2, 0) is 0 Å². The van der Waals surface area contributed by atoms with Crippen LogP contribution >= 0.6 is 0 Å². The topological polar surface area (TPSA) is 12.0 Å². The van der Waals surface area contributed by atoms with Gasteiger partial charge in [0, 0.05) is 12.6 Å². The van der Waals surface area contributed by atoms with E-state index in [0.29, 0.717) is 12.6 Å². The monoisotopic (exact) mass is 173 g/mol. The van der Waals surface area contributed by atoms with Crippen LogP contribution in [0.25, 0.3) is 0 Å². The molecule has 1 saturated carbocycles. The zero-order chi connectivity index (χ0) is 8.97. The Morgan fingerprint density at radius 2 is 1.92 bits per heavy atom. The molecule has 0 amide bonds. The Bertz CT molecular complexity index is 117. The molecule has 1 rings (SSSR count). The molecule has 1 atom stereocenters. The molecule has 0 bridgehead atoms. The molecule has 0 aromatic rings. The molecule has 1 aliphatic carbocycles. The minimum Gasteiger partial charge on any atom is -0.311 e. The predicted molar refractivity (Wildman–Crippen MR) is 50.0 cm³/mol. The fourth-order valence-electron chi connectivity index (χ4n) is 1.79. The first-order valence-electron chi connectivity index (χ1n) is 5.06. The van der Waals surface area contributed by atoms with Gasteiger partial charge in [0.25, 0.3) is 0 Å². The molecule has 12 heavy (non-hydrogen) atoms. The van der Waals surface area contributed by atoms with Gasteiger partial charge in [-0.3, -0.25) is 0 Å². The molecule has 1 N–H and O–H groups in total. The highest BCUT2D eigenvalue weighted by Gasteiger charge is 2.17. The normalized spacial score (nSPS) is 33.2. The van der Waals surface area contributed by atoms with Gasteiger partial charge < -0.3 is 5.32 Å². The Balaban J connectivity index is 2.09. The van der Waals surface area contributed by atoms with E-state index in [1.54, 1.807) is 6.92 Å². The van der Waals surface area contributed by atoms with E-state index in [2.05, 4.69) is 12.2 Å². The second-order valence-corrected chi connectivity index (χ2v) is 4.15. The van der Waals surface area contributed by atoms with Gasteiger partial charge in [-0.25, -0.2) is 4.39 Å². The zero-order valence-corrected chi connectivity index (χ0v) is 8.15. The summed E-state index contributed by atoms with van der Waals surface area (Å²) in [6, 6.07) is 0.583. The molecule has 0 saturated heterocycles. The number of alkyl halides is 1. The summed E-state index contributed by atoms with van der Waals surface area (Å²) in [6.07, 6.45) is 4.36. The van der Waals surface area contributed by atoms with Crippen molar-refractivity contribution in [3.05, 3.63) is 0 Å². The van der Waals surface area contributed by atoms with Crippen molar-refractivity contribution in [1.82, 2.24) is 5.32 Å². The quantitative estimate of drug-likeness (QED) is 0.691. The summed E-state index contributed by atoms with van der Waals surface area (Å²) < 4.78 is 12.5. The molecule has 1 fully saturated rings. The average molecular weight is 173 g/mol. The van der Waals surface area contributed by atoms with Crippen LogP contribution in [0, 0.1) is 5.92 Å². The van der Waals surface area contributed by atoms with Crippen molar-refractivity contribution in [2.24, 2.45) is 5.92 Å². The summed E-state index contributed by atoms with van der Waals surface area (Å²) >= 11 is 0. The minimum absolute atomic E-state index is 0.527. The number of hydrogen-bond acceptors (Lipinski definition) is 1. The van der Waals surface area contributed by atoms with E-state index in [1.165, 1.54) is 25.7 Å². The highest BCUT2D eigenvalue weighted by molar-refractivity contribution is 4.75. The molecular weight excluding hydrogens is 153 g/mol. The summed E-state index contributed by atoms with van der Waals surface area (Å²) in [5.41, 5.74) is 0. The summed E-state index contributed by atoms with van der Waals surface area (Å²) in [4.78, 5) is 0. The fraction of sp³-hybridized carbons (Fsp3) is 1.00. The van der Waals surface area contributed by atoms with Gasteiger partial charge >= 0.3 is 0 Å². The first kappa shape index (κ1) is 9.97. The molecule has 1 unspecified atom stereocenters. The lowest BCUT2D eigenvalue weighted by Gasteiger charge is -2.27. The molecule has 0 spiro atoms. The van der Waals surface area contributed by atoms with Gasteiger partial charge in [-0.1, -0.05) is 6.92 Å². The molecule has 0 heterocycles. The second kappa shape index (κ2) is 4.80. The molecule has 2 heteroatoms. The Morgan fingerprint density at radius 1 is 1.33 bits per heavy atom. The summed E-state index contributed by atoms with van der Waals surface area (Å²) in [7, 11) is 0. The Labute approximate surface area is 74.7 Å². The van der Waals surface area contributed by atoms with Crippen molar-refractivity contribution in [3.8, 4) is 0 Å². The molecule has 72 valence electrons. The highest BCUT2D eigenvalue weighted by atomic mass is 19.1. The first-order valence-corrected chi connectivity index (χ1v) is 5.06. The molecule has 0 aromatic heterocycles. The summed E-state index contributed by atoms with van der Waals surface area (Å²) in [6.45, 7) is 4.44. The molecule has 0 aliphatic heterocycles. The van der Waals surface area contributed by atoms with Crippen LogP contribution in [0.2, 0.25) is 0 Å². The van der Waals surface area contributed by atoms with Crippen LogP contribution in [0.5, 0.6) is 0 Å². The average Bonchev–Trinajstić information content (AvgIpc) is 2.03. The first-order chi connectivity index (χ1) is 5.68. The predicted octanol–water partition coefficient (Wildman–Crippen LogP) is 2.51. The lowest BCUT2D eigenvalue weighted by Crippen LogP contribution is -2.35. The SMILES string of the molecule is CC(F)CN[C@H]1CC[C@@H](C)CC1. The Hall–Kier alpha value is -0.110. The third-order valence-corrected chi connectivity index (χ3v) is 2.70. The van der Waals surface area contributed by atoms with Gasteiger partial charge in [0.15, 0.2) is 0 Å². The van der Waals surface area contributed by atoms with Crippen LogP contribution in [0.4, 0.5) is 4.39 Å². The smallest absolute Gasteiger partial charge is 0.110 e. The van der Waals surface area contributed by atoms with Gasteiger partial charge in [0.05, 0.1) is 0 Å². The van der Waals surface area contributed by atoms with E-state index in [4.69, 9.17) is 0 Å². The zero-order valence-electron chi connectivity index (χ0n) is 8.15. The fourth-order valence-corrected chi connectivity index (χ4v) is 1.79. The third kappa shape index (κ3) is 3.53. The molecular formula is C10H20FN. The van der Waals surface area contributed by atoms with Crippen molar-refractivity contribution >= 4 is 0 Å². The van der Waals surface area contributed by atoms with Crippen LogP contribution < -0.4 is 5.32 Å². The van der Waals surface area contributed by atoms with Gasteiger partial charge in [-0.05, 0) is 38.5 Å². The van der Waals surface area contributed by atoms with Crippen LogP contribution in [0.15, 0.2) is 0 Å². The second-order valence-electron chi connectivity index (χ2n) is 4.15.